The number of rotatable bonds is 4. The van der Waals surface area contributed by atoms with Gasteiger partial charge in [-0.25, -0.2) is 0 Å². The summed E-state index contributed by atoms with van der Waals surface area (Å²) >= 11 is 0. The Morgan fingerprint density at radius 1 is 1.44 bits per heavy atom. The van der Waals surface area contributed by atoms with Gasteiger partial charge >= 0.3 is 0 Å². The van der Waals surface area contributed by atoms with Crippen molar-refractivity contribution in [3.05, 3.63) is 28.8 Å². The molecule has 0 aromatic heterocycles. The summed E-state index contributed by atoms with van der Waals surface area (Å²) in [6, 6.07) is 3.39. The second kappa shape index (κ2) is 5.12. The molecular formula is C13H19NO2. The highest BCUT2D eigenvalue weighted by molar-refractivity contribution is 6.03. The van der Waals surface area contributed by atoms with Crippen molar-refractivity contribution in [2.45, 2.75) is 33.2 Å². The number of aryl methyl sites for hydroxylation is 2. The lowest BCUT2D eigenvalue weighted by atomic mass is 9.96. The van der Waals surface area contributed by atoms with Crippen LogP contribution in [0.1, 0.15) is 34.8 Å². The Hall–Kier alpha value is -1.35. The molecule has 0 spiro atoms. The molecule has 1 rings (SSSR count). The molecule has 0 fully saturated rings. The summed E-state index contributed by atoms with van der Waals surface area (Å²) in [7, 11) is 1.57. The first-order chi connectivity index (χ1) is 7.51. The van der Waals surface area contributed by atoms with Gasteiger partial charge in [-0.15, -0.1) is 0 Å². The average Bonchev–Trinajstić information content (AvgIpc) is 2.26. The van der Waals surface area contributed by atoms with Crippen LogP contribution in [0.3, 0.4) is 0 Å². The topological polar surface area (TPSA) is 52.3 Å². The van der Waals surface area contributed by atoms with Gasteiger partial charge in [-0.2, -0.15) is 0 Å². The molecule has 0 amide bonds. The first-order valence-corrected chi connectivity index (χ1v) is 5.46. The van der Waals surface area contributed by atoms with E-state index in [9.17, 15) is 4.79 Å². The standard InChI is InChI=1S/C13H19NO2/c1-5-10(14)13(15)12-9(3)6-8(2)7-11(12)16-4/h6-7,10H,5,14H2,1-4H3. The largest absolute Gasteiger partial charge is 0.496 e. The lowest BCUT2D eigenvalue weighted by Crippen LogP contribution is -2.30. The van der Waals surface area contributed by atoms with E-state index in [1.807, 2.05) is 32.9 Å². The molecule has 2 N–H and O–H groups in total. The molecule has 3 nitrogen and oxygen atoms in total. The molecule has 0 saturated heterocycles. The molecule has 0 aliphatic rings. The van der Waals surface area contributed by atoms with Gasteiger partial charge in [-0.3, -0.25) is 4.79 Å². The number of carbonyl (C=O) groups is 1. The number of hydrogen-bond donors (Lipinski definition) is 1. The monoisotopic (exact) mass is 221 g/mol. The summed E-state index contributed by atoms with van der Waals surface area (Å²) in [5.74, 6) is 0.572. The summed E-state index contributed by atoms with van der Waals surface area (Å²) in [6.07, 6.45) is 0.634. The normalized spacial score (nSPS) is 12.3. The molecule has 0 aliphatic heterocycles. The number of carbonyl (C=O) groups excluding carboxylic acids is 1. The zero-order valence-electron chi connectivity index (χ0n) is 10.3. The molecule has 1 aromatic carbocycles. The van der Waals surface area contributed by atoms with Crippen LogP contribution in [-0.4, -0.2) is 18.9 Å². The molecular weight excluding hydrogens is 202 g/mol. The van der Waals surface area contributed by atoms with Gasteiger partial charge in [-0.1, -0.05) is 13.0 Å². The van der Waals surface area contributed by atoms with Gasteiger partial charge in [0.1, 0.15) is 5.75 Å². The number of methoxy groups -OCH3 is 1. The quantitative estimate of drug-likeness (QED) is 0.793. The van der Waals surface area contributed by atoms with Crippen molar-refractivity contribution in [3.8, 4) is 5.75 Å². The van der Waals surface area contributed by atoms with E-state index in [1.165, 1.54) is 0 Å². The maximum Gasteiger partial charge on any atom is 0.183 e. The van der Waals surface area contributed by atoms with Crippen LogP contribution in [0.5, 0.6) is 5.75 Å². The molecule has 3 heteroatoms. The van der Waals surface area contributed by atoms with Crippen LogP contribution in [0.2, 0.25) is 0 Å². The molecule has 88 valence electrons. The van der Waals surface area contributed by atoms with E-state index < -0.39 is 6.04 Å². The van der Waals surface area contributed by atoms with E-state index in [2.05, 4.69) is 0 Å². The van der Waals surface area contributed by atoms with Gasteiger partial charge in [0.15, 0.2) is 5.78 Å². The Bertz CT molecular complexity index is 399. The third-order valence-electron chi connectivity index (χ3n) is 2.69. The Kier molecular flexibility index (Phi) is 4.07. The maximum atomic E-state index is 12.1. The smallest absolute Gasteiger partial charge is 0.183 e. The molecule has 0 saturated carbocycles. The lowest BCUT2D eigenvalue weighted by Gasteiger charge is -2.15. The zero-order chi connectivity index (χ0) is 12.3. The second-order valence-corrected chi connectivity index (χ2v) is 4.04. The second-order valence-electron chi connectivity index (χ2n) is 4.04. The van der Waals surface area contributed by atoms with Gasteiger partial charge in [0, 0.05) is 0 Å². The first-order valence-electron chi connectivity index (χ1n) is 5.46. The third kappa shape index (κ3) is 2.42. The fraction of sp³-hybridized carbons (Fsp3) is 0.462. The summed E-state index contributed by atoms with van der Waals surface area (Å²) in [4.78, 5) is 12.1. The number of hydrogen-bond acceptors (Lipinski definition) is 3. The van der Waals surface area contributed by atoms with Crippen LogP contribution in [0.4, 0.5) is 0 Å². The number of ether oxygens (including phenoxy) is 1. The minimum absolute atomic E-state index is 0.0446. The average molecular weight is 221 g/mol. The van der Waals surface area contributed by atoms with Gasteiger partial charge in [0.2, 0.25) is 0 Å². The van der Waals surface area contributed by atoms with Crippen molar-refractivity contribution in [1.29, 1.82) is 0 Å². The fourth-order valence-corrected chi connectivity index (χ4v) is 1.78. The minimum Gasteiger partial charge on any atom is -0.496 e. The Balaban J connectivity index is 3.26. The molecule has 0 heterocycles. The summed E-state index contributed by atoms with van der Waals surface area (Å²) in [5, 5.41) is 0. The van der Waals surface area contributed by atoms with Gasteiger partial charge < -0.3 is 10.5 Å². The maximum absolute atomic E-state index is 12.1. The van der Waals surface area contributed by atoms with Crippen molar-refractivity contribution in [2.24, 2.45) is 5.73 Å². The van der Waals surface area contributed by atoms with Crippen molar-refractivity contribution in [3.63, 3.8) is 0 Å². The summed E-state index contributed by atoms with van der Waals surface area (Å²) in [6.45, 7) is 5.78. The van der Waals surface area contributed by atoms with Crippen molar-refractivity contribution in [2.75, 3.05) is 7.11 Å². The summed E-state index contributed by atoms with van der Waals surface area (Å²) < 4.78 is 5.25. The van der Waals surface area contributed by atoms with Crippen molar-refractivity contribution >= 4 is 5.78 Å². The van der Waals surface area contributed by atoms with Crippen LogP contribution in [-0.2, 0) is 0 Å². The molecule has 1 unspecified atom stereocenters. The van der Waals surface area contributed by atoms with Gasteiger partial charge in [-0.05, 0) is 37.5 Å². The van der Waals surface area contributed by atoms with Crippen molar-refractivity contribution in [1.82, 2.24) is 0 Å². The number of nitrogens with two attached hydrogens (primary N) is 1. The SMILES string of the molecule is CCC(N)C(=O)c1c(C)cc(C)cc1OC. The molecule has 0 aliphatic carbocycles. The number of benzene rings is 1. The van der Waals surface area contributed by atoms with Gasteiger partial charge in [0.05, 0.1) is 18.7 Å². The van der Waals surface area contributed by atoms with E-state index in [0.717, 1.165) is 11.1 Å². The highest BCUT2D eigenvalue weighted by Gasteiger charge is 2.20. The van der Waals surface area contributed by atoms with Crippen LogP contribution in [0, 0.1) is 13.8 Å². The fourth-order valence-electron chi connectivity index (χ4n) is 1.78. The zero-order valence-corrected chi connectivity index (χ0v) is 10.3. The van der Waals surface area contributed by atoms with Crippen LogP contribution >= 0.6 is 0 Å². The Morgan fingerprint density at radius 2 is 2.06 bits per heavy atom. The highest BCUT2D eigenvalue weighted by atomic mass is 16.5. The molecule has 1 aromatic rings. The van der Waals surface area contributed by atoms with Crippen LogP contribution in [0.25, 0.3) is 0 Å². The van der Waals surface area contributed by atoms with E-state index in [4.69, 9.17) is 10.5 Å². The van der Waals surface area contributed by atoms with E-state index >= 15 is 0 Å². The van der Waals surface area contributed by atoms with E-state index in [-0.39, 0.29) is 5.78 Å². The molecule has 0 bridgehead atoms. The number of Topliss-reactive ketones (excluding diaryl/α,β-unsaturated/α-hetero) is 1. The summed E-state index contributed by atoms with van der Waals surface area (Å²) in [5.41, 5.74) is 8.39. The highest BCUT2D eigenvalue weighted by Crippen LogP contribution is 2.25. The predicted molar refractivity (Wildman–Crippen MR) is 65.1 cm³/mol. The predicted octanol–water partition coefficient (Wildman–Crippen LogP) is 2.23. The van der Waals surface area contributed by atoms with E-state index in [1.54, 1.807) is 7.11 Å². The first kappa shape index (κ1) is 12.7. The van der Waals surface area contributed by atoms with Crippen LogP contribution < -0.4 is 10.5 Å². The molecule has 0 radical (unpaired) electrons. The molecule has 1 atom stereocenters. The lowest BCUT2D eigenvalue weighted by molar-refractivity contribution is 0.0956. The van der Waals surface area contributed by atoms with Crippen molar-refractivity contribution < 1.29 is 9.53 Å². The van der Waals surface area contributed by atoms with Crippen LogP contribution in [0.15, 0.2) is 12.1 Å². The van der Waals surface area contributed by atoms with Gasteiger partial charge in [0.25, 0.3) is 0 Å². The minimum atomic E-state index is -0.449. The van der Waals surface area contributed by atoms with E-state index in [0.29, 0.717) is 17.7 Å². The molecule has 16 heavy (non-hydrogen) atoms. The third-order valence-corrected chi connectivity index (χ3v) is 2.69. The Morgan fingerprint density at radius 3 is 2.56 bits per heavy atom. The Labute approximate surface area is 96.6 Å². The number of ketones is 1.